The molecule has 0 aliphatic carbocycles. The second-order valence-corrected chi connectivity index (χ2v) is 3.99. The molecule has 2 heteroatoms. The summed E-state index contributed by atoms with van der Waals surface area (Å²) in [6.45, 7) is 8.99. The molecule has 0 aromatic rings. The summed E-state index contributed by atoms with van der Waals surface area (Å²) in [6.07, 6.45) is 4.34. The first kappa shape index (κ1) is 10.0. The minimum absolute atomic E-state index is 1.17. The predicted molar refractivity (Wildman–Crippen MR) is 53.2 cm³/mol. The normalized spacial score (nSPS) is 22.5. The molecule has 1 saturated heterocycles. The molecule has 0 spiro atoms. The Hall–Kier alpha value is -0.0800. The van der Waals surface area contributed by atoms with Gasteiger partial charge in [0, 0.05) is 6.54 Å². The smallest absolute Gasteiger partial charge is 0.0913 e. The van der Waals surface area contributed by atoms with Crippen LogP contribution in [0.1, 0.15) is 26.2 Å². The Morgan fingerprint density at radius 1 is 1.17 bits per heavy atom. The van der Waals surface area contributed by atoms with Gasteiger partial charge in [-0.15, -0.1) is 0 Å². The summed E-state index contributed by atoms with van der Waals surface area (Å²) in [5.74, 6) is 0. The van der Waals surface area contributed by atoms with Crippen LogP contribution in [0.3, 0.4) is 0 Å². The van der Waals surface area contributed by atoms with Crippen LogP contribution < -0.4 is 5.32 Å². The van der Waals surface area contributed by atoms with E-state index >= 15 is 0 Å². The maximum absolute atomic E-state index is 3.26. The van der Waals surface area contributed by atoms with Gasteiger partial charge in [-0.2, -0.15) is 0 Å². The number of nitrogens with zero attached hydrogens (tertiary/aromatic N) is 1. The van der Waals surface area contributed by atoms with Crippen molar-refractivity contribution >= 4 is 0 Å². The first-order valence-corrected chi connectivity index (χ1v) is 5.33. The van der Waals surface area contributed by atoms with Crippen molar-refractivity contribution in [3.8, 4) is 0 Å². The van der Waals surface area contributed by atoms with Crippen molar-refractivity contribution in [2.45, 2.75) is 26.2 Å². The molecule has 1 fully saturated rings. The van der Waals surface area contributed by atoms with Gasteiger partial charge in [0.2, 0.25) is 0 Å². The van der Waals surface area contributed by atoms with E-state index in [4.69, 9.17) is 0 Å². The van der Waals surface area contributed by atoms with Crippen molar-refractivity contribution in [1.29, 1.82) is 0 Å². The summed E-state index contributed by atoms with van der Waals surface area (Å²) >= 11 is 0. The third-order valence-corrected chi connectivity index (χ3v) is 3.27. The lowest BCUT2D eigenvalue weighted by Gasteiger charge is -2.40. The highest BCUT2D eigenvalue weighted by atomic mass is 15.4. The highest BCUT2D eigenvalue weighted by Gasteiger charge is 2.26. The minimum Gasteiger partial charge on any atom is -0.323 e. The molecule has 0 aromatic heterocycles. The molecule has 72 valence electrons. The van der Waals surface area contributed by atoms with E-state index in [0.717, 1.165) is 0 Å². The zero-order chi connectivity index (χ0) is 8.86. The molecule has 0 unspecified atom stereocenters. The maximum Gasteiger partial charge on any atom is 0.0913 e. The van der Waals surface area contributed by atoms with Crippen LogP contribution in [-0.4, -0.2) is 44.3 Å². The lowest BCUT2D eigenvalue weighted by Crippen LogP contribution is -2.53. The fourth-order valence-electron chi connectivity index (χ4n) is 2.23. The molecular formula is C10H23N2+. The molecule has 1 heterocycles. The number of hydrogen-bond acceptors (Lipinski definition) is 1. The number of likely N-dealkylation sites (tertiary alicyclic amines) is 1. The van der Waals surface area contributed by atoms with Gasteiger partial charge in [-0.05, 0) is 33.2 Å². The van der Waals surface area contributed by atoms with Crippen molar-refractivity contribution in [2.24, 2.45) is 0 Å². The van der Waals surface area contributed by atoms with Crippen molar-refractivity contribution in [3.63, 3.8) is 0 Å². The number of piperidine rings is 1. The Labute approximate surface area is 76.5 Å². The molecule has 1 aliphatic rings. The molecule has 0 radical (unpaired) electrons. The summed E-state index contributed by atoms with van der Waals surface area (Å²) in [5, 5.41) is 3.26. The van der Waals surface area contributed by atoms with Crippen molar-refractivity contribution < 1.29 is 4.48 Å². The summed E-state index contributed by atoms with van der Waals surface area (Å²) in [6, 6.07) is 0. The van der Waals surface area contributed by atoms with Crippen LogP contribution in [0.4, 0.5) is 0 Å². The molecule has 0 saturated carbocycles. The average molecular weight is 171 g/mol. The summed E-state index contributed by atoms with van der Waals surface area (Å²) < 4.78 is 1.36. The van der Waals surface area contributed by atoms with Gasteiger partial charge >= 0.3 is 0 Å². The molecule has 1 aliphatic heterocycles. The molecular weight excluding hydrogens is 148 g/mol. The molecule has 12 heavy (non-hydrogen) atoms. The van der Waals surface area contributed by atoms with E-state index in [1.807, 2.05) is 0 Å². The first-order valence-electron chi connectivity index (χ1n) is 5.33. The van der Waals surface area contributed by atoms with E-state index in [0.29, 0.717) is 0 Å². The Morgan fingerprint density at radius 2 is 1.83 bits per heavy atom. The van der Waals surface area contributed by atoms with E-state index in [-0.39, 0.29) is 0 Å². The average Bonchev–Trinajstić information content (AvgIpc) is 2.16. The van der Waals surface area contributed by atoms with Gasteiger partial charge in [-0.3, -0.25) is 0 Å². The Bertz CT molecular complexity index is 117. The Kier molecular flexibility index (Phi) is 4.02. The van der Waals surface area contributed by atoms with Gasteiger partial charge in [-0.1, -0.05) is 0 Å². The number of quaternary nitrogens is 1. The molecule has 0 bridgehead atoms. The standard InChI is InChI=1S/C10H23N2/c1-3-12(10-7-11-2)8-5-4-6-9-12/h11H,3-10H2,1-2H3/q+1. The second-order valence-electron chi connectivity index (χ2n) is 3.99. The van der Waals surface area contributed by atoms with Gasteiger partial charge in [0.15, 0.2) is 0 Å². The zero-order valence-corrected chi connectivity index (χ0v) is 8.60. The van der Waals surface area contributed by atoms with Crippen LogP contribution in [0.25, 0.3) is 0 Å². The number of nitrogens with one attached hydrogen (secondary N) is 1. The molecule has 0 atom stereocenters. The monoisotopic (exact) mass is 171 g/mol. The van der Waals surface area contributed by atoms with Gasteiger partial charge in [-0.25, -0.2) is 0 Å². The second kappa shape index (κ2) is 4.83. The van der Waals surface area contributed by atoms with Gasteiger partial charge in [0.05, 0.1) is 26.2 Å². The van der Waals surface area contributed by atoms with Crippen LogP contribution in [-0.2, 0) is 0 Å². The summed E-state index contributed by atoms with van der Waals surface area (Å²) in [7, 11) is 2.05. The quantitative estimate of drug-likeness (QED) is 0.627. The predicted octanol–water partition coefficient (Wildman–Crippen LogP) is 1.23. The first-order chi connectivity index (χ1) is 5.83. The van der Waals surface area contributed by atoms with Crippen molar-refractivity contribution in [3.05, 3.63) is 0 Å². The lowest BCUT2D eigenvalue weighted by atomic mass is 10.1. The van der Waals surface area contributed by atoms with Crippen LogP contribution in [0.15, 0.2) is 0 Å². The zero-order valence-electron chi connectivity index (χ0n) is 8.60. The highest BCUT2D eigenvalue weighted by Crippen LogP contribution is 2.17. The molecule has 1 rings (SSSR count). The van der Waals surface area contributed by atoms with Gasteiger partial charge < -0.3 is 9.80 Å². The van der Waals surface area contributed by atoms with E-state index in [2.05, 4.69) is 19.3 Å². The third-order valence-electron chi connectivity index (χ3n) is 3.27. The number of rotatable bonds is 4. The molecule has 1 N–H and O–H groups in total. The lowest BCUT2D eigenvalue weighted by molar-refractivity contribution is -0.929. The van der Waals surface area contributed by atoms with Crippen LogP contribution in [0, 0.1) is 0 Å². The molecule has 0 amide bonds. The maximum atomic E-state index is 3.26. The topological polar surface area (TPSA) is 12.0 Å². The van der Waals surface area contributed by atoms with E-state index in [9.17, 15) is 0 Å². The molecule has 2 nitrogen and oxygen atoms in total. The van der Waals surface area contributed by atoms with Crippen molar-refractivity contribution in [1.82, 2.24) is 5.32 Å². The highest BCUT2D eigenvalue weighted by molar-refractivity contribution is 4.54. The Morgan fingerprint density at radius 3 is 2.33 bits per heavy atom. The number of likely N-dealkylation sites (N-methyl/N-ethyl adjacent to an activating group) is 2. The largest absolute Gasteiger partial charge is 0.323 e. The van der Waals surface area contributed by atoms with E-state index in [1.54, 1.807) is 0 Å². The van der Waals surface area contributed by atoms with Crippen molar-refractivity contribution in [2.75, 3.05) is 39.8 Å². The fraction of sp³-hybridized carbons (Fsp3) is 1.00. The van der Waals surface area contributed by atoms with Crippen LogP contribution >= 0.6 is 0 Å². The summed E-state index contributed by atoms with van der Waals surface area (Å²) in [4.78, 5) is 0. The van der Waals surface area contributed by atoms with E-state index in [1.165, 1.54) is 56.5 Å². The van der Waals surface area contributed by atoms with Gasteiger partial charge in [0.25, 0.3) is 0 Å². The minimum atomic E-state index is 1.17. The van der Waals surface area contributed by atoms with E-state index < -0.39 is 0 Å². The SMILES string of the molecule is CC[N+]1(CCNC)CCCCC1. The summed E-state index contributed by atoms with van der Waals surface area (Å²) in [5.41, 5.74) is 0. The molecule has 0 aromatic carbocycles. The third kappa shape index (κ3) is 2.46. The van der Waals surface area contributed by atoms with Gasteiger partial charge in [0.1, 0.15) is 0 Å². The Balaban J connectivity index is 2.37. The van der Waals surface area contributed by atoms with Crippen LogP contribution in [0.2, 0.25) is 0 Å². The number of hydrogen-bond donors (Lipinski definition) is 1. The van der Waals surface area contributed by atoms with Crippen LogP contribution in [0.5, 0.6) is 0 Å². The fourth-order valence-corrected chi connectivity index (χ4v) is 2.23.